The second-order valence-corrected chi connectivity index (χ2v) is 4.46. The minimum absolute atomic E-state index is 0.0830. The van der Waals surface area contributed by atoms with E-state index in [2.05, 4.69) is 9.97 Å². The van der Waals surface area contributed by atoms with Crippen molar-refractivity contribution in [2.45, 2.75) is 0 Å². The predicted octanol–water partition coefficient (Wildman–Crippen LogP) is 3.71. The lowest BCUT2D eigenvalue weighted by Gasteiger charge is -2.00. The van der Waals surface area contributed by atoms with Gasteiger partial charge in [-0.3, -0.25) is 10.1 Å². The van der Waals surface area contributed by atoms with E-state index < -0.39 is 4.92 Å². The smallest absolute Gasteiger partial charge is 0.258 e. The Hall–Kier alpha value is -3.08. The third-order valence-electron chi connectivity index (χ3n) is 3.11. The van der Waals surface area contributed by atoms with Gasteiger partial charge in [0.2, 0.25) is 0 Å². The average Bonchev–Trinajstić information content (AvgIpc) is 2.53. The first-order valence-electron chi connectivity index (χ1n) is 6.36. The van der Waals surface area contributed by atoms with Gasteiger partial charge >= 0.3 is 0 Å². The van der Waals surface area contributed by atoms with Gasteiger partial charge in [-0.15, -0.1) is 0 Å². The normalized spacial score (nSPS) is 11.0. The van der Waals surface area contributed by atoms with E-state index in [0.717, 1.165) is 22.2 Å². The van der Waals surface area contributed by atoms with Crippen molar-refractivity contribution < 1.29 is 4.92 Å². The van der Waals surface area contributed by atoms with Crippen molar-refractivity contribution >= 4 is 28.7 Å². The Kier molecular flexibility index (Phi) is 3.39. The van der Waals surface area contributed by atoms with E-state index in [4.69, 9.17) is 0 Å². The second-order valence-electron chi connectivity index (χ2n) is 4.46. The molecule has 1 aromatic heterocycles. The molecule has 0 fully saturated rings. The van der Waals surface area contributed by atoms with E-state index in [-0.39, 0.29) is 5.69 Å². The van der Waals surface area contributed by atoms with Crippen molar-refractivity contribution in [3.05, 3.63) is 76.2 Å². The molecule has 0 aliphatic carbocycles. The summed E-state index contributed by atoms with van der Waals surface area (Å²) in [5.41, 5.74) is 2.66. The molecule has 0 aliphatic heterocycles. The molecule has 1 heterocycles. The predicted molar refractivity (Wildman–Crippen MR) is 81.6 cm³/mol. The number of para-hydroxylation sites is 1. The molecule has 0 unspecified atom stereocenters. The summed E-state index contributed by atoms with van der Waals surface area (Å²) in [4.78, 5) is 18.7. The van der Waals surface area contributed by atoms with Crippen LogP contribution in [-0.4, -0.2) is 14.9 Å². The van der Waals surface area contributed by atoms with Gasteiger partial charge in [0.1, 0.15) is 6.33 Å². The largest absolute Gasteiger partial charge is 0.269 e. The number of hydrogen-bond acceptors (Lipinski definition) is 4. The molecule has 2 aromatic carbocycles. The van der Waals surface area contributed by atoms with Gasteiger partial charge in [0.25, 0.3) is 5.69 Å². The van der Waals surface area contributed by atoms with Crippen LogP contribution < -0.4 is 0 Å². The summed E-state index contributed by atoms with van der Waals surface area (Å²) in [6.45, 7) is 0. The number of rotatable bonds is 3. The Morgan fingerprint density at radius 1 is 0.952 bits per heavy atom. The zero-order valence-electron chi connectivity index (χ0n) is 11.0. The first-order valence-corrected chi connectivity index (χ1v) is 6.36. The van der Waals surface area contributed by atoms with E-state index in [1.165, 1.54) is 18.5 Å². The fourth-order valence-corrected chi connectivity index (χ4v) is 2.04. The number of nitro benzene ring substituents is 1. The zero-order chi connectivity index (χ0) is 14.7. The second kappa shape index (κ2) is 5.50. The monoisotopic (exact) mass is 277 g/mol. The summed E-state index contributed by atoms with van der Waals surface area (Å²) in [7, 11) is 0. The van der Waals surface area contributed by atoms with Crippen molar-refractivity contribution in [1.82, 2.24) is 9.97 Å². The van der Waals surface area contributed by atoms with Crippen molar-refractivity contribution in [3.63, 3.8) is 0 Å². The maximum Gasteiger partial charge on any atom is 0.269 e. The summed E-state index contributed by atoms with van der Waals surface area (Å²) < 4.78 is 0. The molecular formula is C16H11N3O2. The summed E-state index contributed by atoms with van der Waals surface area (Å²) in [6, 6.07) is 14.1. The van der Waals surface area contributed by atoms with Crippen LogP contribution in [0.25, 0.3) is 23.1 Å². The summed E-state index contributed by atoms with van der Waals surface area (Å²) in [5, 5.41) is 11.6. The molecule has 0 aliphatic rings. The van der Waals surface area contributed by atoms with Crippen LogP contribution in [0.3, 0.4) is 0 Å². The Bertz CT molecular complexity index is 821. The van der Waals surface area contributed by atoms with Gasteiger partial charge in [-0.25, -0.2) is 9.97 Å². The van der Waals surface area contributed by atoms with Crippen molar-refractivity contribution in [2.75, 3.05) is 0 Å². The number of nitro groups is 1. The molecular weight excluding hydrogens is 266 g/mol. The molecule has 0 N–H and O–H groups in total. The van der Waals surface area contributed by atoms with Gasteiger partial charge in [0.05, 0.1) is 16.1 Å². The molecule has 3 aromatic rings. The lowest BCUT2D eigenvalue weighted by molar-refractivity contribution is -0.384. The minimum Gasteiger partial charge on any atom is -0.258 e. The Morgan fingerprint density at radius 3 is 2.48 bits per heavy atom. The standard InChI is InChI=1S/C16H11N3O2/c20-19(21)13-8-5-12(6-9-13)7-10-16-14-3-1-2-4-15(14)17-11-18-16/h1-11H/b10-7+. The fourth-order valence-electron chi connectivity index (χ4n) is 2.04. The van der Waals surface area contributed by atoms with Gasteiger partial charge in [0, 0.05) is 17.5 Å². The van der Waals surface area contributed by atoms with Gasteiger partial charge in [-0.05, 0) is 29.8 Å². The first-order chi connectivity index (χ1) is 10.2. The van der Waals surface area contributed by atoms with Crippen LogP contribution in [0.1, 0.15) is 11.3 Å². The molecule has 21 heavy (non-hydrogen) atoms. The highest BCUT2D eigenvalue weighted by atomic mass is 16.6. The molecule has 0 atom stereocenters. The van der Waals surface area contributed by atoms with E-state index in [0.29, 0.717) is 0 Å². The van der Waals surface area contributed by atoms with Crippen LogP contribution in [0.2, 0.25) is 0 Å². The Balaban J connectivity index is 1.92. The van der Waals surface area contributed by atoms with Crippen LogP contribution >= 0.6 is 0 Å². The number of aromatic nitrogens is 2. The molecule has 0 spiro atoms. The fraction of sp³-hybridized carbons (Fsp3) is 0. The van der Waals surface area contributed by atoms with Crippen LogP contribution in [0.5, 0.6) is 0 Å². The summed E-state index contributed by atoms with van der Waals surface area (Å²) >= 11 is 0. The third kappa shape index (κ3) is 2.76. The van der Waals surface area contributed by atoms with Crippen LogP contribution in [0, 0.1) is 10.1 Å². The first kappa shape index (κ1) is 12.9. The highest BCUT2D eigenvalue weighted by molar-refractivity contribution is 5.88. The maximum atomic E-state index is 10.6. The van der Waals surface area contributed by atoms with Crippen molar-refractivity contribution in [1.29, 1.82) is 0 Å². The molecule has 3 rings (SSSR count). The van der Waals surface area contributed by atoms with Gasteiger partial charge in [-0.2, -0.15) is 0 Å². The molecule has 0 amide bonds. The molecule has 0 radical (unpaired) electrons. The highest BCUT2D eigenvalue weighted by Crippen LogP contribution is 2.18. The molecule has 0 bridgehead atoms. The summed E-state index contributed by atoms with van der Waals surface area (Å²) in [5.74, 6) is 0. The minimum atomic E-state index is -0.411. The van der Waals surface area contributed by atoms with E-state index >= 15 is 0 Å². The highest BCUT2D eigenvalue weighted by Gasteiger charge is 2.03. The van der Waals surface area contributed by atoms with E-state index in [9.17, 15) is 10.1 Å². The molecule has 5 heteroatoms. The lowest BCUT2D eigenvalue weighted by atomic mass is 10.1. The quantitative estimate of drug-likeness (QED) is 0.540. The van der Waals surface area contributed by atoms with Gasteiger partial charge < -0.3 is 0 Å². The maximum absolute atomic E-state index is 10.6. The number of nitrogens with zero attached hydrogens (tertiary/aromatic N) is 3. The topological polar surface area (TPSA) is 68.9 Å². The number of hydrogen-bond donors (Lipinski definition) is 0. The lowest BCUT2D eigenvalue weighted by Crippen LogP contribution is -1.87. The van der Waals surface area contributed by atoms with Gasteiger partial charge in [-0.1, -0.05) is 24.3 Å². The summed E-state index contributed by atoms with van der Waals surface area (Å²) in [6.07, 6.45) is 5.28. The SMILES string of the molecule is O=[N+]([O-])c1ccc(/C=C/c2ncnc3ccccc23)cc1. The Morgan fingerprint density at radius 2 is 1.71 bits per heavy atom. The van der Waals surface area contributed by atoms with Gasteiger partial charge in [0.15, 0.2) is 0 Å². The molecule has 102 valence electrons. The zero-order valence-corrected chi connectivity index (χ0v) is 11.0. The van der Waals surface area contributed by atoms with Crippen molar-refractivity contribution in [3.8, 4) is 0 Å². The average molecular weight is 277 g/mol. The van der Waals surface area contributed by atoms with Crippen LogP contribution in [-0.2, 0) is 0 Å². The van der Waals surface area contributed by atoms with Crippen LogP contribution in [0.4, 0.5) is 5.69 Å². The van der Waals surface area contributed by atoms with Crippen molar-refractivity contribution in [2.24, 2.45) is 0 Å². The van der Waals surface area contributed by atoms with Crippen LogP contribution in [0.15, 0.2) is 54.9 Å². The molecule has 0 saturated carbocycles. The molecule has 0 saturated heterocycles. The third-order valence-corrected chi connectivity index (χ3v) is 3.11. The Labute approximate surface area is 120 Å². The number of non-ortho nitro benzene ring substituents is 1. The molecule has 5 nitrogen and oxygen atoms in total. The van der Waals surface area contributed by atoms with E-state index in [1.807, 2.05) is 36.4 Å². The number of fused-ring (bicyclic) bond motifs is 1. The van der Waals surface area contributed by atoms with E-state index in [1.54, 1.807) is 12.1 Å². The number of benzene rings is 2.